The van der Waals surface area contributed by atoms with E-state index in [0.29, 0.717) is 56.9 Å². The summed E-state index contributed by atoms with van der Waals surface area (Å²) in [4.78, 5) is 37.4. The van der Waals surface area contributed by atoms with Crippen molar-refractivity contribution in [3.8, 4) is 5.75 Å². The van der Waals surface area contributed by atoms with E-state index in [2.05, 4.69) is 29.8 Å². The van der Waals surface area contributed by atoms with E-state index in [4.69, 9.17) is 15.2 Å². The van der Waals surface area contributed by atoms with Gasteiger partial charge in [-0.25, -0.2) is 0 Å². The Morgan fingerprint density at radius 1 is 1.07 bits per heavy atom. The summed E-state index contributed by atoms with van der Waals surface area (Å²) >= 11 is 0. The molecule has 0 saturated carbocycles. The fourth-order valence-electron chi connectivity index (χ4n) is 5.03. The highest BCUT2D eigenvalue weighted by Crippen LogP contribution is 2.24. The van der Waals surface area contributed by atoms with E-state index >= 15 is 0 Å². The minimum absolute atomic E-state index is 0. The zero-order valence-electron chi connectivity index (χ0n) is 25.9. The van der Waals surface area contributed by atoms with Crippen LogP contribution in [0, 0.1) is 23.7 Å². The van der Waals surface area contributed by atoms with Gasteiger partial charge < -0.3 is 36.3 Å². The zero-order valence-corrected chi connectivity index (χ0v) is 26.7. The molecule has 3 amide bonds. The van der Waals surface area contributed by atoms with E-state index in [1.807, 2.05) is 26.0 Å². The largest absolute Gasteiger partial charge is 0.493 e. The Morgan fingerprint density at radius 3 is 2.38 bits per heavy atom. The molecule has 1 saturated heterocycles. The second-order valence-electron chi connectivity index (χ2n) is 11.9. The van der Waals surface area contributed by atoms with Crippen LogP contribution in [-0.2, 0) is 14.3 Å². The minimum atomic E-state index is -0.872. The van der Waals surface area contributed by atoms with Crippen LogP contribution in [0.5, 0.6) is 5.75 Å². The first-order valence-corrected chi connectivity index (χ1v) is 15.0. The summed E-state index contributed by atoms with van der Waals surface area (Å²) in [5, 5.41) is 19.8. The maximum absolute atomic E-state index is 13.1. The number of halogens is 1. The van der Waals surface area contributed by atoms with Crippen molar-refractivity contribution in [2.24, 2.45) is 29.4 Å². The van der Waals surface area contributed by atoms with Gasteiger partial charge in [0.1, 0.15) is 5.75 Å². The molecule has 1 aromatic carbocycles. The normalized spacial score (nSPS) is 17.6. The van der Waals surface area contributed by atoms with Crippen molar-refractivity contribution in [1.82, 2.24) is 16.0 Å². The standard InChI is InChI=1S/C31H52N4O6.ClH/c1-20(2)22(18-33-30(38)24-10-6-7-11-28(24)41-15-9-8-14-40-5)16-26(32)27(36)17-25(21(3)4)31(39)34-19-23-12-13-29(37)35-23;/h6-7,10-11,20-23,25-27,36H,8-9,12-19,32H2,1-5H3,(H,33,38)(H,34,39)(H,35,37);1H/t22-,23?,25?,26?,27?;/m0./s1. The molecule has 4 unspecified atom stereocenters. The quantitative estimate of drug-likeness (QED) is 0.151. The number of unbranched alkanes of at least 4 members (excludes halogenated alkanes) is 1. The molecule has 240 valence electrons. The molecule has 5 atom stereocenters. The van der Waals surface area contributed by atoms with Gasteiger partial charge in [0, 0.05) is 51.2 Å². The number of carbonyl (C=O) groups is 3. The summed E-state index contributed by atoms with van der Waals surface area (Å²) in [6.45, 7) is 10.00. The molecule has 1 aliphatic rings. The number of hydrogen-bond acceptors (Lipinski definition) is 7. The van der Waals surface area contributed by atoms with Gasteiger partial charge >= 0.3 is 0 Å². The zero-order chi connectivity index (χ0) is 30.4. The second kappa shape index (κ2) is 19.7. The number of benzene rings is 1. The van der Waals surface area contributed by atoms with Gasteiger partial charge in [-0.15, -0.1) is 12.4 Å². The van der Waals surface area contributed by atoms with Crippen molar-refractivity contribution in [3.63, 3.8) is 0 Å². The molecular formula is C31H53ClN4O6. The number of methoxy groups -OCH3 is 1. The van der Waals surface area contributed by atoms with Crippen molar-refractivity contribution in [2.75, 3.05) is 33.4 Å². The van der Waals surface area contributed by atoms with Gasteiger partial charge in [0.2, 0.25) is 11.8 Å². The number of rotatable bonds is 19. The Hall–Kier alpha value is -2.40. The Bertz CT molecular complexity index is 963. The lowest BCUT2D eigenvalue weighted by Gasteiger charge is -2.30. The highest BCUT2D eigenvalue weighted by Gasteiger charge is 2.31. The fourth-order valence-corrected chi connectivity index (χ4v) is 5.03. The average Bonchev–Trinajstić information content (AvgIpc) is 3.36. The van der Waals surface area contributed by atoms with E-state index in [1.165, 1.54) is 0 Å². The first-order valence-electron chi connectivity index (χ1n) is 15.0. The smallest absolute Gasteiger partial charge is 0.255 e. The van der Waals surface area contributed by atoms with Gasteiger partial charge in [-0.2, -0.15) is 0 Å². The van der Waals surface area contributed by atoms with Crippen LogP contribution in [0.25, 0.3) is 0 Å². The highest BCUT2D eigenvalue weighted by molar-refractivity contribution is 5.96. The summed E-state index contributed by atoms with van der Waals surface area (Å²) in [6.07, 6.45) is 2.77. The van der Waals surface area contributed by atoms with Crippen molar-refractivity contribution in [2.45, 2.75) is 84.4 Å². The first kappa shape index (κ1) is 37.6. The molecule has 10 nitrogen and oxygen atoms in total. The van der Waals surface area contributed by atoms with Gasteiger partial charge in [-0.1, -0.05) is 39.8 Å². The minimum Gasteiger partial charge on any atom is -0.493 e. The maximum atomic E-state index is 13.1. The third kappa shape index (κ3) is 12.9. The molecule has 42 heavy (non-hydrogen) atoms. The number of aliphatic hydroxyl groups excluding tert-OH is 1. The summed E-state index contributed by atoms with van der Waals surface area (Å²) in [5.74, 6) is 0.0487. The van der Waals surface area contributed by atoms with E-state index in [-0.39, 0.29) is 60.3 Å². The number of nitrogens with two attached hydrogens (primary N) is 1. The molecule has 2 rings (SSSR count). The lowest BCUT2D eigenvalue weighted by molar-refractivity contribution is -0.128. The second-order valence-corrected chi connectivity index (χ2v) is 11.9. The Labute approximate surface area is 257 Å². The Kier molecular flexibility index (Phi) is 17.7. The lowest BCUT2D eigenvalue weighted by Crippen LogP contribution is -2.45. The van der Waals surface area contributed by atoms with Crippen LogP contribution in [0.1, 0.15) is 76.6 Å². The molecule has 0 aliphatic carbocycles. The predicted molar refractivity (Wildman–Crippen MR) is 167 cm³/mol. The first-order chi connectivity index (χ1) is 19.5. The summed E-state index contributed by atoms with van der Waals surface area (Å²) in [7, 11) is 1.67. The van der Waals surface area contributed by atoms with Crippen LogP contribution < -0.4 is 26.4 Å². The molecule has 1 fully saturated rings. The average molecular weight is 613 g/mol. The van der Waals surface area contributed by atoms with Crippen molar-refractivity contribution >= 4 is 30.1 Å². The third-order valence-corrected chi connectivity index (χ3v) is 7.91. The van der Waals surface area contributed by atoms with Crippen LogP contribution >= 0.6 is 12.4 Å². The van der Waals surface area contributed by atoms with Gasteiger partial charge in [-0.3, -0.25) is 14.4 Å². The van der Waals surface area contributed by atoms with Crippen LogP contribution in [0.4, 0.5) is 0 Å². The van der Waals surface area contributed by atoms with Crippen molar-refractivity contribution < 1.29 is 29.0 Å². The maximum Gasteiger partial charge on any atom is 0.255 e. The molecule has 0 spiro atoms. The van der Waals surface area contributed by atoms with Crippen LogP contribution in [0.2, 0.25) is 0 Å². The third-order valence-electron chi connectivity index (χ3n) is 7.91. The van der Waals surface area contributed by atoms with Gasteiger partial charge in [0.15, 0.2) is 0 Å². The molecule has 0 radical (unpaired) electrons. The number of aliphatic hydroxyl groups is 1. The molecular weight excluding hydrogens is 560 g/mol. The summed E-state index contributed by atoms with van der Waals surface area (Å²) in [5.41, 5.74) is 6.93. The number of hydrogen-bond donors (Lipinski definition) is 5. The number of carbonyl (C=O) groups excluding carboxylic acids is 3. The lowest BCUT2D eigenvalue weighted by atomic mass is 9.83. The SMILES string of the molecule is COCCCCOc1ccccc1C(=O)NC[C@H](CC(N)C(O)CC(C(=O)NCC1CCC(=O)N1)C(C)C)C(C)C.Cl. The molecule has 0 bridgehead atoms. The van der Waals surface area contributed by atoms with E-state index in [1.54, 1.807) is 19.2 Å². The summed E-state index contributed by atoms with van der Waals surface area (Å²) < 4.78 is 10.9. The molecule has 6 N–H and O–H groups in total. The predicted octanol–water partition coefficient (Wildman–Crippen LogP) is 3.05. The molecule has 1 aromatic rings. The van der Waals surface area contributed by atoms with Crippen molar-refractivity contribution in [3.05, 3.63) is 29.8 Å². The van der Waals surface area contributed by atoms with Crippen LogP contribution in [0.3, 0.4) is 0 Å². The fraction of sp³-hybridized carbons (Fsp3) is 0.710. The number of nitrogens with one attached hydrogen (secondary N) is 3. The van der Waals surface area contributed by atoms with E-state index in [0.717, 1.165) is 12.8 Å². The Balaban J connectivity index is 0.00000882. The number of para-hydroxylation sites is 1. The van der Waals surface area contributed by atoms with Gasteiger partial charge in [-0.05, 0) is 62.0 Å². The molecule has 1 aliphatic heterocycles. The molecule has 1 heterocycles. The van der Waals surface area contributed by atoms with Crippen molar-refractivity contribution in [1.29, 1.82) is 0 Å². The Morgan fingerprint density at radius 2 is 1.76 bits per heavy atom. The van der Waals surface area contributed by atoms with Gasteiger partial charge in [0.25, 0.3) is 5.91 Å². The highest BCUT2D eigenvalue weighted by atomic mass is 35.5. The monoisotopic (exact) mass is 612 g/mol. The summed E-state index contributed by atoms with van der Waals surface area (Å²) in [6, 6.07) is 6.60. The number of amides is 3. The van der Waals surface area contributed by atoms with E-state index in [9.17, 15) is 19.5 Å². The van der Waals surface area contributed by atoms with Crippen LogP contribution in [-0.4, -0.2) is 74.4 Å². The van der Waals surface area contributed by atoms with Gasteiger partial charge in [0.05, 0.1) is 18.3 Å². The molecule has 0 aromatic heterocycles. The van der Waals surface area contributed by atoms with E-state index < -0.39 is 18.1 Å². The number of ether oxygens (including phenoxy) is 2. The van der Waals surface area contributed by atoms with Crippen LogP contribution in [0.15, 0.2) is 24.3 Å². The topological polar surface area (TPSA) is 152 Å². The molecule has 11 heteroatoms.